The molecule has 1 rings (SSSR count). The van der Waals surface area contributed by atoms with Gasteiger partial charge in [0, 0.05) is 13.7 Å². The van der Waals surface area contributed by atoms with E-state index in [0.717, 1.165) is 11.1 Å². The van der Waals surface area contributed by atoms with Gasteiger partial charge in [-0.3, -0.25) is 0 Å². The van der Waals surface area contributed by atoms with Crippen molar-refractivity contribution in [3.05, 3.63) is 35.4 Å². The summed E-state index contributed by atoms with van der Waals surface area (Å²) >= 11 is 0. The quantitative estimate of drug-likeness (QED) is 0.754. The molecule has 0 aliphatic carbocycles. The average Bonchev–Trinajstić information content (AvgIpc) is 2.15. The molecule has 1 aromatic rings. The molecule has 0 fully saturated rings. The number of nitrogens with one attached hydrogen (secondary N) is 1. The van der Waals surface area contributed by atoms with E-state index in [0.29, 0.717) is 6.61 Å². The molecule has 6 heteroatoms. The van der Waals surface area contributed by atoms with Gasteiger partial charge in [-0.25, -0.2) is 5.14 Å². The van der Waals surface area contributed by atoms with Crippen molar-refractivity contribution < 1.29 is 13.2 Å². The Kier molecular flexibility index (Phi) is 4.22. The first-order valence-electron chi connectivity index (χ1n) is 4.35. The van der Waals surface area contributed by atoms with E-state index < -0.39 is 10.2 Å². The standard InChI is InChI=1S/C9H14N2O3S/c1-14-7-9-4-2-3-8(5-9)6-11-15(10,12)13/h2-5,11H,6-7H2,1H3,(H2,10,12,13). The molecule has 0 aromatic heterocycles. The van der Waals surface area contributed by atoms with Gasteiger partial charge in [0.25, 0.3) is 10.2 Å². The minimum atomic E-state index is -3.63. The maximum absolute atomic E-state index is 10.7. The van der Waals surface area contributed by atoms with Crippen molar-refractivity contribution in [3.63, 3.8) is 0 Å². The van der Waals surface area contributed by atoms with Crippen LogP contribution in [-0.4, -0.2) is 15.5 Å². The van der Waals surface area contributed by atoms with Crippen molar-refractivity contribution >= 4 is 10.2 Å². The number of methoxy groups -OCH3 is 1. The van der Waals surface area contributed by atoms with Crippen LogP contribution in [0, 0.1) is 0 Å². The van der Waals surface area contributed by atoms with Gasteiger partial charge in [0.1, 0.15) is 0 Å². The molecule has 0 saturated carbocycles. The Morgan fingerprint density at radius 2 is 2.07 bits per heavy atom. The summed E-state index contributed by atoms with van der Waals surface area (Å²) in [5.74, 6) is 0. The van der Waals surface area contributed by atoms with Crippen molar-refractivity contribution in [2.75, 3.05) is 7.11 Å². The highest BCUT2D eigenvalue weighted by molar-refractivity contribution is 7.87. The smallest absolute Gasteiger partial charge is 0.274 e. The molecule has 0 radical (unpaired) electrons. The monoisotopic (exact) mass is 230 g/mol. The Bertz CT molecular complexity index is 417. The normalized spacial score (nSPS) is 11.6. The van der Waals surface area contributed by atoms with E-state index in [1.807, 2.05) is 24.3 Å². The van der Waals surface area contributed by atoms with Crippen LogP contribution in [0.1, 0.15) is 11.1 Å². The average molecular weight is 230 g/mol. The fraction of sp³-hybridized carbons (Fsp3) is 0.333. The summed E-state index contributed by atoms with van der Waals surface area (Å²) in [4.78, 5) is 0. The van der Waals surface area contributed by atoms with E-state index in [1.165, 1.54) is 0 Å². The van der Waals surface area contributed by atoms with E-state index in [2.05, 4.69) is 4.72 Å². The van der Waals surface area contributed by atoms with Crippen LogP contribution in [0.2, 0.25) is 0 Å². The highest BCUT2D eigenvalue weighted by Gasteiger charge is 2.01. The number of rotatable bonds is 5. The van der Waals surface area contributed by atoms with E-state index in [9.17, 15) is 8.42 Å². The van der Waals surface area contributed by atoms with E-state index >= 15 is 0 Å². The highest BCUT2D eigenvalue weighted by Crippen LogP contribution is 2.06. The number of hydrogen-bond donors (Lipinski definition) is 2. The maximum Gasteiger partial charge on any atom is 0.274 e. The zero-order valence-electron chi connectivity index (χ0n) is 8.43. The second kappa shape index (κ2) is 5.22. The van der Waals surface area contributed by atoms with Crippen LogP contribution in [0.15, 0.2) is 24.3 Å². The molecule has 0 heterocycles. The topological polar surface area (TPSA) is 81.4 Å². The number of benzene rings is 1. The lowest BCUT2D eigenvalue weighted by Gasteiger charge is -2.04. The van der Waals surface area contributed by atoms with Crippen molar-refractivity contribution in [1.82, 2.24) is 4.72 Å². The Morgan fingerprint density at radius 1 is 1.40 bits per heavy atom. The molecule has 0 amide bonds. The molecular formula is C9H14N2O3S. The third-order valence-electron chi connectivity index (χ3n) is 1.78. The van der Waals surface area contributed by atoms with Crippen LogP contribution in [0.4, 0.5) is 0 Å². The van der Waals surface area contributed by atoms with Crippen LogP contribution in [-0.2, 0) is 28.1 Å². The summed E-state index contributed by atoms with van der Waals surface area (Å²) in [5, 5.41) is 4.82. The van der Waals surface area contributed by atoms with Gasteiger partial charge in [0.05, 0.1) is 6.61 Å². The van der Waals surface area contributed by atoms with E-state index in [4.69, 9.17) is 9.88 Å². The molecule has 0 aliphatic heterocycles. The van der Waals surface area contributed by atoms with Crippen LogP contribution in [0.3, 0.4) is 0 Å². The van der Waals surface area contributed by atoms with Crippen LogP contribution in [0.5, 0.6) is 0 Å². The molecule has 0 bridgehead atoms. The second-order valence-electron chi connectivity index (χ2n) is 3.12. The molecule has 0 aliphatic rings. The Balaban J connectivity index is 2.65. The SMILES string of the molecule is COCc1cccc(CNS(N)(=O)=O)c1. The fourth-order valence-corrected chi connectivity index (χ4v) is 1.55. The molecule has 1 aromatic carbocycles. The molecule has 84 valence electrons. The number of nitrogens with two attached hydrogens (primary N) is 1. The van der Waals surface area contributed by atoms with Gasteiger partial charge in [-0.05, 0) is 11.1 Å². The van der Waals surface area contributed by atoms with Gasteiger partial charge >= 0.3 is 0 Å². The zero-order valence-corrected chi connectivity index (χ0v) is 9.25. The molecule has 5 nitrogen and oxygen atoms in total. The van der Waals surface area contributed by atoms with E-state index in [1.54, 1.807) is 7.11 Å². The van der Waals surface area contributed by atoms with Crippen molar-refractivity contribution in [3.8, 4) is 0 Å². The summed E-state index contributed by atoms with van der Waals surface area (Å²) in [6.07, 6.45) is 0. The summed E-state index contributed by atoms with van der Waals surface area (Å²) in [5.41, 5.74) is 1.84. The third kappa shape index (κ3) is 4.89. The largest absolute Gasteiger partial charge is 0.380 e. The van der Waals surface area contributed by atoms with Crippen LogP contribution in [0.25, 0.3) is 0 Å². The Labute approximate surface area is 89.4 Å². The first kappa shape index (κ1) is 12.1. The fourth-order valence-electron chi connectivity index (χ4n) is 1.18. The van der Waals surface area contributed by atoms with Gasteiger partial charge in [-0.1, -0.05) is 24.3 Å². The lowest BCUT2D eigenvalue weighted by atomic mass is 10.1. The molecule has 0 spiro atoms. The molecule has 15 heavy (non-hydrogen) atoms. The van der Waals surface area contributed by atoms with Gasteiger partial charge in [0.15, 0.2) is 0 Å². The highest BCUT2D eigenvalue weighted by atomic mass is 32.2. The summed E-state index contributed by atoms with van der Waals surface area (Å²) in [6, 6.07) is 7.43. The van der Waals surface area contributed by atoms with E-state index in [-0.39, 0.29) is 6.54 Å². The summed E-state index contributed by atoms with van der Waals surface area (Å²) in [7, 11) is -2.02. The van der Waals surface area contributed by atoms with Gasteiger partial charge in [0.2, 0.25) is 0 Å². The first-order valence-corrected chi connectivity index (χ1v) is 5.90. The van der Waals surface area contributed by atoms with Gasteiger partial charge < -0.3 is 4.74 Å². The minimum Gasteiger partial charge on any atom is -0.380 e. The first-order chi connectivity index (χ1) is 7.01. The van der Waals surface area contributed by atoms with Crippen molar-refractivity contribution in [2.24, 2.45) is 5.14 Å². The van der Waals surface area contributed by atoms with Crippen molar-refractivity contribution in [2.45, 2.75) is 13.2 Å². The molecule has 0 unspecified atom stereocenters. The number of ether oxygens (including phenoxy) is 1. The lowest BCUT2D eigenvalue weighted by molar-refractivity contribution is 0.185. The van der Waals surface area contributed by atoms with Gasteiger partial charge in [-0.2, -0.15) is 13.1 Å². The lowest BCUT2D eigenvalue weighted by Crippen LogP contribution is -2.30. The zero-order chi connectivity index (χ0) is 11.3. The van der Waals surface area contributed by atoms with Crippen LogP contribution >= 0.6 is 0 Å². The number of hydrogen-bond acceptors (Lipinski definition) is 3. The summed E-state index contributed by atoms with van der Waals surface area (Å²) < 4.78 is 28.5. The summed E-state index contributed by atoms with van der Waals surface area (Å²) in [6.45, 7) is 0.694. The molecule has 0 atom stereocenters. The molecule has 3 N–H and O–H groups in total. The maximum atomic E-state index is 10.7. The molecule has 0 saturated heterocycles. The van der Waals surface area contributed by atoms with Crippen LogP contribution < -0.4 is 9.86 Å². The molecular weight excluding hydrogens is 216 g/mol. The predicted octanol–water partition coefficient (Wildman–Crippen LogP) is 0.126. The third-order valence-corrected chi connectivity index (χ3v) is 2.33. The Morgan fingerprint density at radius 3 is 2.67 bits per heavy atom. The Hall–Kier alpha value is -0.950. The minimum absolute atomic E-state index is 0.191. The second-order valence-corrected chi connectivity index (χ2v) is 4.50. The van der Waals surface area contributed by atoms with Gasteiger partial charge in [-0.15, -0.1) is 0 Å². The van der Waals surface area contributed by atoms with Crippen molar-refractivity contribution in [1.29, 1.82) is 0 Å². The predicted molar refractivity (Wildman–Crippen MR) is 57.1 cm³/mol.